The fourth-order valence-corrected chi connectivity index (χ4v) is 2.13. The molecule has 2 rings (SSSR count). The van der Waals surface area contributed by atoms with Crippen molar-refractivity contribution in [3.8, 4) is 0 Å². The van der Waals surface area contributed by atoms with E-state index in [0.29, 0.717) is 6.42 Å². The van der Waals surface area contributed by atoms with Crippen molar-refractivity contribution in [2.45, 2.75) is 25.9 Å². The summed E-state index contributed by atoms with van der Waals surface area (Å²) in [6, 6.07) is 0. The van der Waals surface area contributed by atoms with Gasteiger partial charge in [-0.3, -0.25) is 9.59 Å². The van der Waals surface area contributed by atoms with Gasteiger partial charge in [-0.25, -0.2) is 0 Å². The zero-order valence-electron chi connectivity index (χ0n) is 6.74. The number of aliphatic carboxylic acids is 1. The third-order valence-electron chi connectivity index (χ3n) is 3.08. The number of esters is 1. The number of rotatable bonds is 1. The van der Waals surface area contributed by atoms with Gasteiger partial charge in [0.1, 0.15) is 6.10 Å². The first-order valence-electron chi connectivity index (χ1n) is 3.96. The van der Waals surface area contributed by atoms with Crippen LogP contribution in [0.4, 0.5) is 0 Å². The van der Waals surface area contributed by atoms with Gasteiger partial charge in [-0.05, 0) is 6.42 Å². The van der Waals surface area contributed by atoms with Crippen LogP contribution in [-0.4, -0.2) is 23.1 Å². The number of carboxylic acids is 1. The summed E-state index contributed by atoms with van der Waals surface area (Å²) in [5, 5.41) is 8.76. The summed E-state index contributed by atoms with van der Waals surface area (Å²) in [5.41, 5.74) is -0.428. The van der Waals surface area contributed by atoms with Gasteiger partial charge in [0.25, 0.3) is 0 Å². The van der Waals surface area contributed by atoms with Crippen LogP contribution in [0.15, 0.2) is 0 Å². The highest BCUT2D eigenvalue weighted by Gasteiger charge is 2.62. The normalized spacial score (nSPS) is 44.6. The molecule has 12 heavy (non-hydrogen) atoms. The Morgan fingerprint density at radius 1 is 1.75 bits per heavy atom. The molecular weight excluding hydrogens is 160 g/mol. The highest BCUT2D eigenvalue weighted by Crippen LogP contribution is 2.54. The summed E-state index contributed by atoms with van der Waals surface area (Å²) in [4.78, 5) is 21.5. The fourth-order valence-electron chi connectivity index (χ4n) is 2.13. The number of fused-ring (bicyclic) bond motifs is 1. The first-order chi connectivity index (χ1) is 5.54. The lowest BCUT2D eigenvalue weighted by Crippen LogP contribution is -2.51. The van der Waals surface area contributed by atoms with Crippen molar-refractivity contribution in [3.05, 3.63) is 0 Å². The van der Waals surface area contributed by atoms with Crippen molar-refractivity contribution < 1.29 is 19.4 Å². The molecule has 0 amide bonds. The second-order valence-corrected chi connectivity index (χ2v) is 3.79. The predicted molar refractivity (Wildman–Crippen MR) is 38.3 cm³/mol. The molecule has 1 aliphatic carbocycles. The van der Waals surface area contributed by atoms with Crippen molar-refractivity contribution >= 4 is 11.9 Å². The molecule has 3 atom stereocenters. The Bertz CT molecular complexity index is 260. The molecule has 1 heterocycles. The highest BCUT2D eigenvalue weighted by molar-refractivity contribution is 5.79. The monoisotopic (exact) mass is 170 g/mol. The molecular formula is C8H10O4. The smallest absolute Gasteiger partial charge is 0.307 e. The first-order valence-corrected chi connectivity index (χ1v) is 3.96. The number of ether oxygens (including phenoxy) is 1. The minimum absolute atomic E-state index is 0.147. The number of carbonyl (C=O) groups excluding carboxylic acids is 1. The molecule has 1 N–H and O–H groups in total. The predicted octanol–water partition coefficient (Wildman–Crippen LogP) is 0.413. The summed E-state index contributed by atoms with van der Waals surface area (Å²) < 4.78 is 4.94. The van der Waals surface area contributed by atoms with Gasteiger partial charge >= 0.3 is 11.9 Å². The van der Waals surface area contributed by atoms with E-state index >= 15 is 0 Å². The van der Waals surface area contributed by atoms with Gasteiger partial charge in [-0.1, -0.05) is 6.92 Å². The van der Waals surface area contributed by atoms with Gasteiger partial charge in [-0.2, -0.15) is 0 Å². The van der Waals surface area contributed by atoms with Crippen LogP contribution in [0.5, 0.6) is 0 Å². The Hall–Kier alpha value is -1.06. The number of hydrogen-bond donors (Lipinski definition) is 1. The average molecular weight is 170 g/mol. The average Bonchev–Trinajstić information content (AvgIpc) is 2.13. The van der Waals surface area contributed by atoms with E-state index < -0.39 is 17.3 Å². The van der Waals surface area contributed by atoms with E-state index in [2.05, 4.69) is 0 Å². The summed E-state index contributed by atoms with van der Waals surface area (Å²) in [6.45, 7) is 1.81. The Morgan fingerprint density at radius 2 is 2.42 bits per heavy atom. The number of hydrogen-bond acceptors (Lipinski definition) is 3. The standard InChI is InChI=1S/C8H10O4/c1-8-3-6(9)12-5(8)2-4(8)7(10)11/h4-5H,2-3H2,1H3,(H,10,11). The molecule has 2 aliphatic rings. The van der Waals surface area contributed by atoms with Crippen molar-refractivity contribution in [1.82, 2.24) is 0 Å². The van der Waals surface area contributed by atoms with Crippen molar-refractivity contribution in [3.63, 3.8) is 0 Å². The maximum atomic E-state index is 10.9. The molecule has 1 saturated heterocycles. The van der Waals surface area contributed by atoms with E-state index in [9.17, 15) is 9.59 Å². The zero-order chi connectivity index (χ0) is 8.93. The Morgan fingerprint density at radius 3 is 2.92 bits per heavy atom. The lowest BCUT2D eigenvalue weighted by molar-refractivity contribution is -0.166. The third kappa shape index (κ3) is 0.722. The summed E-state index contributed by atoms with van der Waals surface area (Å²) in [6.07, 6.45) is 0.595. The van der Waals surface area contributed by atoms with Gasteiger partial charge in [0.2, 0.25) is 0 Å². The van der Waals surface area contributed by atoms with Gasteiger partial charge in [-0.15, -0.1) is 0 Å². The lowest BCUT2D eigenvalue weighted by Gasteiger charge is -2.44. The van der Waals surface area contributed by atoms with E-state index in [1.54, 1.807) is 0 Å². The maximum absolute atomic E-state index is 10.9. The van der Waals surface area contributed by atoms with Crippen LogP contribution >= 0.6 is 0 Å². The number of carboxylic acid groups (broad SMARTS) is 1. The fraction of sp³-hybridized carbons (Fsp3) is 0.750. The van der Waals surface area contributed by atoms with E-state index in [4.69, 9.17) is 9.84 Å². The third-order valence-corrected chi connectivity index (χ3v) is 3.08. The molecule has 4 nitrogen and oxygen atoms in total. The first kappa shape index (κ1) is 7.58. The minimum Gasteiger partial charge on any atom is -0.481 e. The molecule has 0 aromatic carbocycles. The topological polar surface area (TPSA) is 63.6 Å². The molecule has 0 aromatic rings. The molecule has 3 unspecified atom stereocenters. The van der Waals surface area contributed by atoms with Crippen LogP contribution in [0.2, 0.25) is 0 Å². The summed E-state index contributed by atoms with van der Waals surface area (Å²) in [5.74, 6) is -1.47. The van der Waals surface area contributed by atoms with E-state index in [-0.39, 0.29) is 18.5 Å². The minimum atomic E-state index is -0.813. The molecule has 0 bridgehead atoms. The van der Waals surface area contributed by atoms with E-state index in [0.717, 1.165) is 0 Å². The lowest BCUT2D eigenvalue weighted by atomic mass is 9.58. The van der Waals surface area contributed by atoms with Gasteiger partial charge in [0.15, 0.2) is 0 Å². The quantitative estimate of drug-likeness (QED) is 0.579. The Labute approximate surface area is 69.5 Å². The largest absolute Gasteiger partial charge is 0.481 e. The van der Waals surface area contributed by atoms with Gasteiger partial charge < -0.3 is 9.84 Å². The zero-order valence-corrected chi connectivity index (χ0v) is 6.74. The molecule has 66 valence electrons. The molecule has 2 fully saturated rings. The van der Waals surface area contributed by atoms with Crippen LogP contribution in [0, 0.1) is 11.3 Å². The summed E-state index contributed by atoms with van der Waals surface area (Å²) in [7, 11) is 0. The van der Waals surface area contributed by atoms with Crippen molar-refractivity contribution in [1.29, 1.82) is 0 Å². The molecule has 0 radical (unpaired) electrons. The molecule has 1 saturated carbocycles. The van der Waals surface area contributed by atoms with E-state index in [1.807, 2.05) is 6.92 Å². The van der Waals surface area contributed by atoms with Gasteiger partial charge in [0, 0.05) is 5.41 Å². The van der Waals surface area contributed by atoms with Crippen molar-refractivity contribution in [2.24, 2.45) is 11.3 Å². The van der Waals surface area contributed by atoms with Crippen molar-refractivity contribution in [2.75, 3.05) is 0 Å². The molecule has 4 heteroatoms. The Kier molecular flexibility index (Phi) is 1.26. The molecule has 0 spiro atoms. The maximum Gasteiger partial charge on any atom is 0.307 e. The van der Waals surface area contributed by atoms with Crippen LogP contribution in [0.25, 0.3) is 0 Å². The van der Waals surface area contributed by atoms with E-state index in [1.165, 1.54) is 0 Å². The van der Waals surface area contributed by atoms with Crippen LogP contribution in [-0.2, 0) is 14.3 Å². The van der Waals surface area contributed by atoms with Crippen LogP contribution in [0.1, 0.15) is 19.8 Å². The summed E-state index contributed by atoms with van der Waals surface area (Å²) >= 11 is 0. The Balaban J connectivity index is 2.19. The highest BCUT2D eigenvalue weighted by atomic mass is 16.6. The SMILES string of the molecule is CC12CC(=O)OC1CC2C(=O)O. The number of carbonyl (C=O) groups is 2. The van der Waals surface area contributed by atoms with Crippen LogP contribution < -0.4 is 0 Å². The second-order valence-electron chi connectivity index (χ2n) is 3.79. The van der Waals surface area contributed by atoms with Gasteiger partial charge in [0.05, 0.1) is 12.3 Å². The second kappa shape index (κ2) is 2.00. The molecule has 1 aliphatic heterocycles. The van der Waals surface area contributed by atoms with Crippen LogP contribution in [0.3, 0.4) is 0 Å². The molecule has 0 aromatic heterocycles.